The summed E-state index contributed by atoms with van der Waals surface area (Å²) < 4.78 is 0. The molecule has 11 rings (SSSR count). The van der Waals surface area contributed by atoms with Gasteiger partial charge in [-0.1, -0.05) is 148 Å². The second-order valence-electron chi connectivity index (χ2n) is 17.4. The van der Waals surface area contributed by atoms with Crippen molar-refractivity contribution < 1.29 is 0 Å². The summed E-state index contributed by atoms with van der Waals surface area (Å²) in [4.78, 5) is 2.65. The SMILES string of the molecule is CCC1CC2CCCC(C1)C21c2ccccc2-c2c(N(c3cccc(-c4ccccc4)c3)c3ccc4c(c3)C3(CCCCC3)c3ccccc3-4)cccc21. The van der Waals surface area contributed by atoms with Crippen LogP contribution in [0.15, 0.2) is 140 Å². The van der Waals surface area contributed by atoms with Crippen LogP contribution in [0.1, 0.15) is 99.8 Å². The van der Waals surface area contributed by atoms with Gasteiger partial charge in [0.1, 0.15) is 0 Å². The first kappa shape index (κ1) is 32.5. The second-order valence-corrected chi connectivity index (χ2v) is 17.4. The minimum Gasteiger partial charge on any atom is -0.310 e. The number of nitrogens with zero attached hydrogens (tertiary/aromatic N) is 1. The van der Waals surface area contributed by atoms with Crippen molar-refractivity contribution in [3.63, 3.8) is 0 Å². The number of anilines is 3. The van der Waals surface area contributed by atoms with Crippen LogP contribution in [-0.4, -0.2) is 0 Å². The number of fused-ring (bicyclic) bond motifs is 8. The molecule has 0 N–H and O–H groups in total. The van der Waals surface area contributed by atoms with Crippen molar-refractivity contribution in [3.05, 3.63) is 162 Å². The van der Waals surface area contributed by atoms with Crippen molar-refractivity contribution in [1.82, 2.24) is 0 Å². The third-order valence-electron chi connectivity index (χ3n) is 15.0. The van der Waals surface area contributed by atoms with E-state index in [4.69, 9.17) is 0 Å². The van der Waals surface area contributed by atoms with Gasteiger partial charge in [-0.2, -0.15) is 0 Å². The molecular formula is C53H51N. The van der Waals surface area contributed by atoms with Crippen LogP contribution in [0.25, 0.3) is 33.4 Å². The van der Waals surface area contributed by atoms with Gasteiger partial charge < -0.3 is 4.90 Å². The highest BCUT2D eigenvalue weighted by atomic mass is 15.1. The van der Waals surface area contributed by atoms with Gasteiger partial charge in [0, 0.05) is 27.8 Å². The first-order valence-corrected chi connectivity index (χ1v) is 21.1. The molecule has 2 atom stereocenters. The molecule has 2 bridgehead atoms. The molecule has 0 radical (unpaired) electrons. The summed E-state index contributed by atoms with van der Waals surface area (Å²) in [6, 6.07) is 54.1. The predicted molar refractivity (Wildman–Crippen MR) is 226 cm³/mol. The maximum atomic E-state index is 2.65. The van der Waals surface area contributed by atoms with Gasteiger partial charge in [0.15, 0.2) is 0 Å². The predicted octanol–water partition coefficient (Wildman–Crippen LogP) is 14.6. The summed E-state index contributed by atoms with van der Waals surface area (Å²) in [7, 11) is 0. The van der Waals surface area contributed by atoms with Gasteiger partial charge in [0.2, 0.25) is 0 Å². The van der Waals surface area contributed by atoms with Gasteiger partial charge in [-0.3, -0.25) is 0 Å². The molecule has 3 saturated carbocycles. The Labute approximate surface area is 322 Å². The first-order valence-electron chi connectivity index (χ1n) is 21.1. The normalized spacial score (nSPS) is 24.1. The minimum absolute atomic E-state index is 0.0996. The van der Waals surface area contributed by atoms with E-state index in [0.717, 1.165) is 5.92 Å². The van der Waals surface area contributed by atoms with Gasteiger partial charge in [-0.05, 0) is 137 Å². The molecule has 0 heterocycles. The first-order chi connectivity index (χ1) is 26.7. The average molecular weight is 702 g/mol. The molecule has 1 heteroatoms. The molecule has 5 aliphatic carbocycles. The Morgan fingerprint density at radius 2 is 1.17 bits per heavy atom. The smallest absolute Gasteiger partial charge is 0.0543 e. The quantitative estimate of drug-likeness (QED) is 0.173. The Morgan fingerprint density at radius 3 is 1.96 bits per heavy atom. The van der Waals surface area contributed by atoms with Crippen LogP contribution in [0.5, 0.6) is 0 Å². The standard InChI is InChI=1S/C53H51N/c1-2-36-32-39-19-14-20-40(33-36)53(39)47-25-10-8-23-45(47)51-48(53)26-15-27-50(51)54(41-21-13-18-38(34-41)37-16-5-3-6-17-37)42-28-29-44-43-22-7-9-24-46(43)52(49(44)35-42)30-11-4-12-31-52/h3,5-10,13,15-18,21-29,34-36,39-40H,2,4,11-12,14,19-20,30-33H2,1H3. The fourth-order valence-electron chi connectivity index (χ4n) is 12.8. The molecule has 0 saturated heterocycles. The third kappa shape index (κ3) is 4.57. The average Bonchev–Trinajstić information content (AvgIpc) is 3.66. The number of hydrogen-bond acceptors (Lipinski definition) is 1. The van der Waals surface area contributed by atoms with Crippen molar-refractivity contribution in [2.75, 3.05) is 4.90 Å². The largest absolute Gasteiger partial charge is 0.310 e. The lowest BCUT2D eigenvalue weighted by atomic mass is 9.49. The van der Waals surface area contributed by atoms with Crippen molar-refractivity contribution in [1.29, 1.82) is 0 Å². The highest BCUT2D eigenvalue weighted by Crippen LogP contribution is 2.67. The molecule has 6 aromatic rings. The molecule has 5 aliphatic rings. The minimum atomic E-state index is 0.0996. The topological polar surface area (TPSA) is 3.24 Å². The summed E-state index contributed by atoms with van der Waals surface area (Å²) in [5.41, 5.74) is 18.7. The van der Waals surface area contributed by atoms with Crippen molar-refractivity contribution >= 4 is 17.1 Å². The maximum absolute atomic E-state index is 2.65. The van der Waals surface area contributed by atoms with Crippen LogP contribution < -0.4 is 4.90 Å². The fourth-order valence-corrected chi connectivity index (χ4v) is 12.8. The summed E-state index contributed by atoms with van der Waals surface area (Å²) in [5.74, 6) is 2.25. The molecule has 54 heavy (non-hydrogen) atoms. The molecule has 0 aliphatic heterocycles. The van der Waals surface area contributed by atoms with Crippen molar-refractivity contribution in [3.8, 4) is 33.4 Å². The molecule has 268 valence electrons. The fraction of sp³-hybridized carbons (Fsp3) is 0.321. The maximum Gasteiger partial charge on any atom is 0.0543 e. The molecule has 3 fully saturated rings. The van der Waals surface area contributed by atoms with E-state index >= 15 is 0 Å². The molecule has 2 spiro atoms. The Hall–Kier alpha value is -4.88. The van der Waals surface area contributed by atoms with Crippen LogP contribution >= 0.6 is 0 Å². The number of benzene rings is 6. The van der Waals surface area contributed by atoms with E-state index in [0.29, 0.717) is 11.8 Å². The summed E-state index contributed by atoms with van der Waals surface area (Å²) in [5, 5.41) is 0. The molecule has 0 amide bonds. The van der Waals surface area contributed by atoms with Gasteiger partial charge in [0.25, 0.3) is 0 Å². The zero-order chi connectivity index (χ0) is 35.9. The van der Waals surface area contributed by atoms with Crippen LogP contribution in [0, 0.1) is 17.8 Å². The zero-order valence-corrected chi connectivity index (χ0v) is 31.7. The molecule has 2 unspecified atom stereocenters. The molecule has 0 aromatic heterocycles. The highest BCUT2D eigenvalue weighted by Gasteiger charge is 2.58. The second kappa shape index (κ2) is 12.6. The van der Waals surface area contributed by atoms with Gasteiger partial charge in [0.05, 0.1) is 5.69 Å². The van der Waals surface area contributed by atoms with Gasteiger partial charge >= 0.3 is 0 Å². The molecule has 6 aromatic carbocycles. The van der Waals surface area contributed by atoms with E-state index in [1.165, 1.54) is 121 Å². The lowest BCUT2D eigenvalue weighted by Crippen LogP contribution is -2.49. The number of hydrogen-bond donors (Lipinski definition) is 0. The Kier molecular flexibility index (Phi) is 7.59. The Morgan fingerprint density at radius 1 is 0.519 bits per heavy atom. The van der Waals surface area contributed by atoms with E-state index < -0.39 is 0 Å². The Balaban J connectivity index is 1.16. The van der Waals surface area contributed by atoms with Crippen LogP contribution in [0.2, 0.25) is 0 Å². The lowest BCUT2D eigenvalue weighted by Gasteiger charge is -2.55. The summed E-state index contributed by atoms with van der Waals surface area (Å²) in [6.07, 6.45) is 14.5. The van der Waals surface area contributed by atoms with Crippen molar-refractivity contribution in [2.45, 2.75) is 88.4 Å². The van der Waals surface area contributed by atoms with Crippen LogP contribution in [-0.2, 0) is 10.8 Å². The van der Waals surface area contributed by atoms with E-state index in [9.17, 15) is 0 Å². The van der Waals surface area contributed by atoms with Crippen molar-refractivity contribution in [2.24, 2.45) is 17.8 Å². The monoisotopic (exact) mass is 701 g/mol. The van der Waals surface area contributed by atoms with E-state index in [2.05, 4.69) is 151 Å². The van der Waals surface area contributed by atoms with Crippen LogP contribution in [0.4, 0.5) is 17.1 Å². The molecular weight excluding hydrogens is 651 g/mol. The summed E-state index contributed by atoms with van der Waals surface area (Å²) in [6.45, 7) is 2.43. The highest BCUT2D eigenvalue weighted by molar-refractivity contribution is 5.96. The van der Waals surface area contributed by atoms with E-state index in [1.807, 2.05) is 0 Å². The zero-order valence-electron chi connectivity index (χ0n) is 31.7. The lowest BCUT2D eigenvalue weighted by molar-refractivity contribution is 0.0492. The third-order valence-corrected chi connectivity index (χ3v) is 15.0. The van der Waals surface area contributed by atoms with E-state index in [-0.39, 0.29) is 10.8 Å². The van der Waals surface area contributed by atoms with E-state index in [1.54, 1.807) is 22.3 Å². The number of rotatable bonds is 5. The van der Waals surface area contributed by atoms with Crippen LogP contribution in [0.3, 0.4) is 0 Å². The van der Waals surface area contributed by atoms with Gasteiger partial charge in [-0.25, -0.2) is 0 Å². The molecule has 1 nitrogen and oxygen atoms in total. The van der Waals surface area contributed by atoms with Gasteiger partial charge in [-0.15, -0.1) is 0 Å². The Bertz CT molecular complexity index is 2360. The summed E-state index contributed by atoms with van der Waals surface area (Å²) >= 11 is 0.